The van der Waals surface area contributed by atoms with Crippen LogP contribution in [0.1, 0.15) is 65.2 Å². The molecule has 0 aromatic heterocycles. The van der Waals surface area contributed by atoms with E-state index in [4.69, 9.17) is 4.74 Å². The molecule has 1 unspecified atom stereocenters. The van der Waals surface area contributed by atoms with Crippen molar-refractivity contribution in [2.45, 2.75) is 70.8 Å². The smallest absolute Gasteiger partial charge is 0.305 e. The Balaban J connectivity index is 2.90. The van der Waals surface area contributed by atoms with Crippen molar-refractivity contribution in [3.63, 3.8) is 0 Å². The first kappa shape index (κ1) is 25.1. The number of hydrogen-bond acceptors (Lipinski definition) is 5. The van der Waals surface area contributed by atoms with Gasteiger partial charge in [0.1, 0.15) is 0 Å². The Morgan fingerprint density at radius 1 is 1.14 bits per heavy atom. The number of hydrogen-bond donors (Lipinski definition) is 0. The van der Waals surface area contributed by atoms with Crippen LogP contribution < -0.4 is 0 Å². The van der Waals surface area contributed by atoms with Crippen molar-refractivity contribution in [3.05, 3.63) is 46.5 Å². The molecule has 0 aromatic carbocycles. The number of unbranched alkanes of at least 4 members (excludes halogenated alkanes) is 4. The van der Waals surface area contributed by atoms with E-state index in [0.717, 1.165) is 19.3 Å². The molecule has 0 fully saturated rings. The van der Waals surface area contributed by atoms with Crippen molar-refractivity contribution in [1.82, 2.24) is 0 Å². The zero-order chi connectivity index (χ0) is 21.7. The Morgan fingerprint density at radius 2 is 1.86 bits per heavy atom. The molecule has 0 spiro atoms. The lowest BCUT2D eigenvalue weighted by molar-refractivity contribution is -0.149. The summed E-state index contributed by atoms with van der Waals surface area (Å²) in [6, 6.07) is 0. The summed E-state index contributed by atoms with van der Waals surface area (Å²) in [5, 5.41) is 0. The average Bonchev–Trinajstić information content (AvgIpc) is 2.90. The van der Waals surface area contributed by atoms with Crippen molar-refractivity contribution >= 4 is 33.7 Å². The van der Waals surface area contributed by atoms with E-state index in [-0.39, 0.29) is 11.8 Å². The monoisotopic (exact) mass is 466 g/mol. The van der Waals surface area contributed by atoms with Gasteiger partial charge in [0.2, 0.25) is 0 Å². The van der Waals surface area contributed by atoms with Gasteiger partial charge in [-0.05, 0) is 47.7 Å². The Hall–Kier alpha value is -1.95. The third kappa shape index (κ3) is 8.52. The lowest BCUT2D eigenvalue weighted by atomic mass is 9.91. The number of ether oxygens (including phenoxy) is 2. The molecule has 1 aliphatic carbocycles. The van der Waals surface area contributed by atoms with Crippen molar-refractivity contribution < 1.29 is 23.9 Å². The molecule has 0 aliphatic heterocycles. The van der Waals surface area contributed by atoms with E-state index in [2.05, 4.69) is 33.7 Å². The summed E-state index contributed by atoms with van der Waals surface area (Å²) in [4.78, 5) is 35.5. The molecule has 1 atom stereocenters. The van der Waals surface area contributed by atoms with E-state index in [0.29, 0.717) is 35.7 Å². The van der Waals surface area contributed by atoms with E-state index in [1.54, 1.807) is 18.2 Å². The second kappa shape index (κ2) is 13.3. The van der Waals surface area contributed by atoms with Crippen LogP contribution in [0.25, 0.3) is 0 Å². The second-order valence-electron chi connectivity index (χ2n) is 6.95. The topological polar surface area (TPSA) is 69.7 Å². The van der Waals surface area contributed by atoms with Crippen molar-refractivity contribution in [2.24, 2.45) is 0 Å². The van der Waals surface area contributed by atoms with E-state index >= 15 is 0 Å². The molecule has 29 heavy (non-hydrogen) atoms. The third-order valence-corrected chi connectivity index (χ3v) is 5.13. The molecule has 1 rings (SSSR count). The molecule has 0 radical (unpaired) electrons. The molecular weight excluding hydrogens is 436 g/mol. The molecule has 0 bridgehead atoms. The lowest BCUT2D eigenvalue weighted by Gasteiger charge is -2.27. The zero-order valence-corrected chi connectivity index (χ0v) is 19.1. The first-order valence-electron chi connectivity index (χ1n) is 10.1. The number of halogens is 1. The Morgan fingerprint density at radius 3 is 2.52 bits per heavy atom. The summed E-state index contributed by atoms with van der Waals surface area (Å²) < 4.78 is 10.6. The van der Waals surface area contributed by atoms with Gasteiger partial charge in [-0.15, -0.1) is 0 Å². The number of carbonyl (C=O) groups excluding carboxylic acids is 3. The minimum Gasteiger partial charge on any atom is -0.469 e. The maximum absolute atomic E-state index is 12.6. The SMILES string of the molecule is CCCCCC=CCC1(OC(C)=O)C=C(Br)C(=O)C1=CC=CCCCC(=O)OC. The molecule has 5 nitrogen and oxygen atoms in total. The lowest BCUT2D eigenvalue weighted by Crippen LogP contribution is -2.33. The Bertz CT molecular complexity index is 702. The van der Waals surface area contributed by atoms with Gasteiger partial charge in [-0.3, -0.25) is 14.4 Å². The summed E-state index contributed by atoms with van der Waals surface area (Å²) in [6.07, 6.45) is 17.6. The number of esters is 2. The van der Waals surface area contributed by atoms with Crippen LogP contribution in [-0.2, 0) is 23.9 Å². The predicted octanol–water partition coefficient (Wildman–Crippen LogP) is 5.50. The van der Waals surface area contributed by atoms with Crippen LogP contribution in [0.5, 0.6) is 0 Å². The predicted molar refractivity (Wildman–Crippen MR) is 118 cm³/mol. The highest BCUT2D eigenvalue weighted by atomic mass is 79.9. The van der Waals surface area contributed by atoms with E-state index in [9.17, 15) is 14.4 Å². The summed E-state index contributed by atoms with van der Waals surface area (Å²) in [6.45, 7) is 3.50. The van der Waals surface area contributed by atoms with Gasteiger partial charge in [-0.1, -0.05) is 50.1 Å². The molecule has 0 saturated carbocycles. The van der Waals surface area contributed by atoms with Gasteiger partial charge in [0.25, 0.3) is 0 Å². The van der Waals surface area contributed by atoms with Gasteiger partial charge >= 0.3 is 11.9 Å². The summed E-state index contributed by atoms with van der Waals surface area (Å²) in [5.74, 6) is -0.871. The molecule has 0 saturated heterocycles. The van der Waals surface area contributed by atoms with E-state index in [1.165, 1.54) is 20.5 Å². The molecule has 6 heteroatoms. The van der Waals surface area contributed by atoms with Crippen LogP contribution in [0.2, 0.25) is 0 Å². The highest BCUT2D eigenvalue weighted by molar-refractivity contribution is 9.12. The quantitative estimate of drug-likeness (QED) is 0.164. The fourth-order valence-electron chi connectivity index (χ4n) is 3.05. The zero-order valence-electron chi connectivity index (χ0n) is 17.5. The van der Waals surface area contributed by atoms with Crippen LogP contribution in [0.3, 0.4) is 0 Å². The van der Waals surface area contributed by atoms with Crippen LogP contribution in [0.4, 0.5) is 0 Å². The minimum absolute atomic E-state index is 0.190. The highest BCUT2D eigenvalue weighted by Crippen LogP contribution is 2.40. The summed E-state index contributed by atoms with van der Waals surface area (Å²) >= 11 is 3.29. The van der Waals surface area contributed by atoms with Crippen LogP contribution in [0, 0.1) is 0 Å². The standard InChI is InChI=1S/C23H31BrO5/c1-4-5-6-7-10-13-16-23(29-18(2)25)17-20(24)22(27)19(23)14-11-8-9-12-15-21(26)28-3/h8,10-11,13-14,17H,4-7,9,12,15-16H2,1-3H3. The maximum Gasteiger partial charge on any atom is 0.305 e. The first-order chi connectivity index (χ1) is 13.9. The average molecular weight is 467 g/mol. The van der Waals surface area contributed by atoms with Gasteiger partial charge in [0.15, 0.2) is 11.4 Å². The molecule has 0 N–H and O–H groups in total. The van der Waals surface area contributed by atoms with Gasteiger partial charge in [0.05, 0.1) is 11.6 Å². The molecular formula is C23H31BrO5. The number of ketones is 1. The van der Waals surface area contributed by atoms with Crippen molar-refractivity contribution in [1.29, 1.82) is 0 Å². The molecule has 0 aromatic rings. The van der Waals surface area contributed by atoms with Gasteiger partial charge in [0, 0.05) is 25.3 Å². The van der Waals surface area contributed by atoms with Gasteiger partial charge in [-0.25, -0.2) is 0 Å². The van der Waals surface area contributed by atoms with Gasteiger partial charge in [-0.2, -0.15) is 0 Å². The number of rotatable bonds is 12. The number of methoxy groups -OCH3 is 1. The third-order valence-electron chi connectivity index (χ3n) is 4.54. The highest BCUT2D eigenvalue weighted by Gasteiger charge is 2.44. The molecule has 160 valence electrons. The molecule has 1 aliphatic rings. The van der Waals surface area contributed by atoms with E-state index in [1.807, 2.05) is 12.2 Å². The summed E-state index contributed by atoms with van der Waals surface area (Å²) in [7, 11) is 1.37. The van der Waals surface area contributed by atoms with Crippen LogP contribution >= 0.6 is 15.9 Å². The normalized spacial score (nSPS) is 20.6. The van der Waals surface area contributed by atoms with Crippen molar-refractivity contribution in [2.75, 3.05) is 7.11 Å². The Kier molecular flexibility index (Phi) is 11.5. The number of carbonyl (C=O) groups is 3. The summed E-state index contributed by atoms with van der Waals surface area (Å²) in [5.41, 5.74) is -0.679. The van der Waals surface area contributed by atoms with Gasteiger partial charge < -0.3 is 9.47 Å². The fourth-order valence-corrected chi connectivity index (χ4v) is 3.64. The number of allylic oxidation sites excluding steroid dienone is 5. The fraction of sp³-hybridized carbons (Fsp3) is 0.522. The molecule has 0 amide bonds. The maximum atomic E-state index is 12.6. The first-order valence-corrected chi connectivity index (χ1v) is 10.9. The van der Waals surface area contributed by atoms with E-state index < -0.39 is 11.6 Å². The molecule has 0 heterocycles. The second-order valence-corrected chi connectivity index (χ2v) is 7.81. The minimum atomic E-state index is -1.10. The Labute approximate surface area is 182 Å². The van der Waals surface area contributed by atoms with Crippen LogP contribution in [-0.4, -0.2) is 30.4 Å². The van der Waals surface area contributed by atoms with Crippen LogP contribution in [0.15, 0.2) is 46.5 Å². The van der Waals surface area contributed by atoms with Crippen molar-refractivity contribution in [3.8, 4) is 0 Å². The number of Topliss-reactive ketones (excluding diaryl/α,β-unsaturated/α-hetero) is 1. The largest absolute Gasteiger partial charge is 0.469 e.